The van der Waals surface area contributed by atoms with Gasteiger partial charge in [-0.25, -0.2) is 0 Å². The van der Waals surface area contributed by atoms with Gasteiger partial charge in [-0.2, -0.15) is 0 Å². The molecule has 0 aromatic rings. The molecule has 2 heteroatoms. The largest absolute Gasteiger partial charge is 0.0916 e. The lowest BCUT2D eigenvalue weighted by Crippen LogP contribution is -2.38. The first kappa shape index (κ1) is 23.2. The average Bonchev–Trinajstić information content (AvgIpc) is 2.69. The predicted octanol–water partition coefficient (Wildman–Crippen LogP) is 9.29. The van der Waals surface area contributed by atoms with Crippen LogP contribution in [0.25, 0.3) is 0 Å². The zero-order chi connectivity index (χ0) is 18.8. The molecule has 0 aliphatic heterocycles. The summed E-state index contributed by atoms with van der Waals surface area (Å²) >= 11 is 7.83. The van der Waals surface area contributed by atoms with Gasteiger partial charge in [-0.15, -0.1) is 0 Å². The van der Waals surface area contributed by atoms with Gasteiger partial charge in [0, 0.05) is 10.2 Å². The molecule has 2 rings (SSSR count). The number of halogens is 2. The maximum Gasteiger partial charge on any atom is 0.0299 e. The van der Waals surface area contributed by atoms with E-state index in [1.807, 2.05) is 0 Å². The molecular weight excluding hydrogens is 448 g/mol. The lowest BCUT2D eigenvalue weighted by atomic mass is 9.62. The van der Waals surface area contributed by atoms with Gasteiger partial charge in [0.15, 0.2) is 0 Å². The van der Waals surface area contributed by atoms with Gasteiger partial charge in [0.25, 0.3) is 0 Å². The van der Waals surface area contributed by atoms with Gasteiger partial charge in [-0.1, -0.05) is 103 Å². The predicted molar refractivity (Wildman–Crippen MR) is 125 cm³/mol. The van der Waals surface area contributed by atoms with Gasteiger partial charge in [0.05, 0.1) is 0 Å². The smallest absolute Gasteiger partial charge is 0.0299 e. The molecule has 0 bridgehead atoms. The van der Waals surface area contributed by atoms with E-state index < -0.39 is 0 Å². The van der Waals surface area contributed by atoms with E-state index in [0.29, 0.717) is 10.2 Å². The Hall–Kier alpha value is 0.960. The molecule has 2 saturated carbocycles. The molecule has 0 radical (unpaired) electrons. The molecule has 0 saturated heterocycles. The molecule has 2 aliphatic carbocycles. The fraction of sp³-hybridized carbons (Fsp3) is 1.00. The first-order valence-electron chi connectivity index (χ1n) is 11.8. The molecule has 0 aromatic carbocycles. The number of hydrogen-bond donors (Lipinski definition) is 0. The second-order valence-electron chi connectivity index (χ2n) is 9.56. The van der Waals surface area contributed by atoms with Crippen molar-refractivity contribution < 1.29 is 0 Å². The standard InChI is InChI=1S/C24H44Br2/c1-3-5-7-9-20-10-12-21(13-11-20)22-14-17-24(18-15-22,23(26)19-25)16-8-6-4-2/h20-23H,3-19H2,1-2H3. The third kappa shape index (κ3) is 6.78. The molecule has 0 amide bonds. The second kappa shape index (κ2) is 12.5. The van der Waals surface area contributed by atoms with Crippen molar-refractivity contribution in [3.8, 4) is 0 Å². The second-order valence-corrected chi connectivity index (χ2v) is 11.3. The van der Waals surface area contributed by atoms with Gasteiger partial charge >= 0.3 is 0 Å². The van der Waals surface area contributed by atoms with E-state index in [4.69, 9.17) is 0 Å². The van der Waals surface area contributed by atoms with Crippen LogP contribution in [0.2, 0.25) is 0 Å². The van der Waals surface area contributed by atoms with Crippen molar-refractivity contribution in [1.29, 1.82) is 0 Å². The Morgan fingerprint density at radius 1 is 0.808 bits per heavy atom. The van der Waals surface area contributed by atoms with Crippen molar-refractivity contribution in [3.63, 3.8) is 0 Å². The lowest BCUT2D eigenvalue weighted by Gasteiger charge is -2.46. The highest BCUT2D eigenvalue weighted by atomic mass is 79.9. The Balaban J connectivity index is 1.77. The average molecular weight is 492 g/mol. The van der Waals surface area contributed by atoms with Crippen molar-refractivity contribution in [3.05, 3.63) is 0 Å². The normalized spacial score (nSPS) is 33.9. The van der Waals surface area contributed by atoms with Crippen LogP contribution in [0, 0.1) is 23.2 Å². The van der Waals surface area contributed by atoms with Crippen LogP contribution in [0.5, 0.6) is 0 Å². The summed E-state index contributed by atoms with van der Waals surface area (Å²) < 4.78 is 0. The van der Waals surface area contributed by atoms with Crippen molar-refractivity contribution in [2.45, 2.75) is 121 Å². The van der Waals surface area contributed by atoms with E-state index in [9.17, 15) is 0 Å². The zero-order valence-corrected chi connectivity index (χ0v) is 20.8. The molecule has 2 fully saturated rings. The van der Waals surface area contributed by atoms with Crippen molar-refractivity contribution in [2.24, 2.45) is 23.2 Å². The minimum absolute atomic E-state index is 0.576. The minimum atomic E-state index is 0.576. The van der Waals surface area contributed by atoms with E-state index >= 15 is 0 Å². The van der Waals surface area contributed by atoms with Gasteiger partial charge < -0.3 is 0 Å². The summed E-state index contributed by atoms with van der Waals surface area (Å²) in [5.41, 5.74) is 0.576. The van der Waals surface area contributed by atoms with Gasteiger partial charge in [-0.3, -0.25) is 0 Å². The number of rotatable bonds is 11. The van der Waals surface area contributed by atoms with E-state index in [1.54, 1.807) is 12.8 Å². The molecule has 0 spiro atoms. The van der Waals surface area contributed by atoms with Crippen molar-refractivity contribution in [2.75, 3.05) is 5.33 Å². The molecule has 0 aromatic heterocycles. The summed E-state index contributed by atoms with van der Waals surface area (Å²) in [5, 5.41) is 1.12. The van der Waals surface area contributed by atoms with Crippen LogP contribution in [0.15, 0.2) is 0 Å². The Morgan fingerprint density at radius 3 is 1.96 bits per heavy atom. The maximum absolute atomic E-state index is 4.05. The maximum atomic E-state index is 4.05. The van der Waals surface area contributed by atoms with E-state index in [1.165, 1.54) is 89.9 Å². The highest BCUT2D eigenvalue weighted by Gasteiger charge is 2.41. The van der Waals surface area contributed by atoms with Gasteiger partial charge in [0.2, 0.25) is 0 Å². The number of alkyl halides is 2. The van der Waals surface area contributed by atoms with Crippen LogP contribution >= 0.6 is 31.9 Å². The number of hydrogen-bond acceptors (Lipinski definition) is 0. The summed E-state index contributed by atoms with van der Waals surface area (Å²) in [4.78, 5) is 0.669. The van der Waals surface area contributed by atoms with Crippen LogP contribution in [-0.2, 0) is 0 Å². The fourth-order valence-corrected chi connectivity index (χ4v) is 7.30. The third-order valence-corrected chi connectivity index (χ3v) is 10.7. The van der Waals surface area contributed by atoms with E-state index in [-0.39, 0.29) is 0 Å². The third-order valence-electron chi connectivity index (χ3n) is 7.88. The van der Waals surface area contributed by atoms with E-state index in [0.717, 1.165) is 23.1 Å². The Kier molecular flexibility index (Phi) is 11.2. The van der Waals surface area contributed by atoms with Crippen LogP contribution in [-0.4, -0.2) is 10.2 Å². The Morgan fingerprint density at radius 2 is 1.38 bits per heavy atom. The molecule has 26 heavy (non-hydrogen) atoms. The quantitative estimate of drug-likeness (QED) is 0.199. The zero-order valence-electron chi connectivity index (χ0n) is 17.6. The molecule has 1 unspecified atom stereocenters. The Bertz CT molecular complexity index is 351. The molecule has 0 nitrogen and oxygen atoms in total. The SMILES string of the molecule is CCCCCC1CCC(C2CCC(CCCCC)(C(Br)CBr)CC2)CC1. The minimum Gasteiger partial charge on any atom is -0.0916 e. The monoisotopic (exact) mass is 490 g/mol. The van der Waals surface area contributed by atoms with Crippen molar-refractivity contribution >= 4 is 31.9 Å². The van der Waals surface area contributed by atoms with Crippen LogP contribution in [0.4, 0.5) is 0 Å². The van der Waals surface area contributed by atoms with Crippen LogP contribution in [0.3, 0.4) is 0 Å². The van der Waals surface area contributed by atoms with Crippen molar-refractivity contribution in [1.82, 2.24) is 0 Å². The van der Waals surface area contributed by atoms with E-state index in [2.05, 4.69) is 45.7 Å². The first-order chi connectivity index (χ1) is 12.6. The van der Waals surface area contributed by atoms with Gasteiger partial charge in [-0.05, 0) is 68.1 Å². The summed E-state index contributed by atoms with van der Waals surface area (Å²) in [6.07, 6.45) is 23.6. The highest BCUT2D eigenvalue weighted by Crippen LogP contribution is 2.51. The molecule has 1 atom stereocenters. The summed E-state index contributed by atoms with van der Waals surface area (Å²) in [7, 11) is 0. The highest BCUT2D eigenvalue weighted by molar-refractivity contribution is 9.12. The molecule has 2 aliphatic rings. The number of unbranched alkanes of at least 4 members (excludes halogenated alkanes) is 4. The molecule has 0 heterocycles. The summed E-state index contributed by atoms with van der Waals surface area (Å²) in [6, 6.07) is 0. The first-order valence-corrected chi connectivity index (χ1v) is 13.9. The topological polar surface area (TPSA) is 0 Å². The molecule has 154 valence electrons. The van der Waals surface area contributed by atoms with Gasteiger partial charge in [0.1, 0.15) is 0 Å². The lowest BCUT2D eigenvalue weighted by molar-refractivity contribution is 0.0857. The molecular formula is C24H44Br2. The summed E-state index contributed by atoms with van der Waals surface area (Å²) in [6.45, 7) is 4.66. The fourth-order valence-electron chi connectivity index (χ4n) is 5.93. The summed E-state index contributed by atoms with van der Waals surface area (Å²) in [5.74, 6) is 3.17. The van der Waals surface area contributed by atoms with Crippen LogP contribution in [0.1, 0.15) is 117 Å². The molecule has 0 N–H and O–H groups in total. The Labute approximate surface area is 181 Å². The van der Waals surface area contributed by atoms with Crippen LogP contribution < -0.4 is 0 Å².